The van der Waals surface area contributed by atoms with Crippen LogP contribution < -0.4 is 5.32 Å². The van der Waals surface area contributed by atoms with Crippen molar-refractivity contribution in [2.75, 3.05) is 14.1 Å². The lowest BCUT2D eigenvalue weighted by molar-refractivity contribution is 0.215. The summed E-state index contributed by atoms with van der Waals surface area (Å²) in [6.45, 7) is 2.14. The van der Waals surface area contributed by atoms with E-state index in [1.807, 2.05) is 30.3 Å². The van der Waals surface area contributed by atoms with Crippen molar-refractivity contribution in [1.82, 2.24) is 10.2 Å². The van der Waals surface area contributed by atoms with Crippen molar-refractivity contribution in [2.24, 2.45) is 0 Å². The van der Waals surface area contributed by atoms with Gasteiger partial charge in [-0.2, -0.15) is 0 Å². The Hall–Kier alpha value is -1.77. The summed E-state index contributed by atoms with van der Waals surface area (Å²) in [6.07, 6.45) is 6.31. The summed E-state index contributed by atoms with van der Waals surface area (Å²) in [7, 11) is 3.49. The van der Waals surface area contributed by atoms with Crippen molar-refractivity contribution in [1.29, 1.82) is 0 Å². The maximum absolute atomic E-state index is 11.7. The van der Waals surface area contributed by atoms with E-state index in [-0.39, 0.29) is 12.1 Å². The van der Waals surface area contributed by atoms with E-state index in [0.29, 0.717) is 0 Å². The highest BCUT2D eigenvalue weighted by atomic mass is 16.2. The molecule has 0 saturated heterocycles. The molecule has 1 atom stereocenters. The first-order chi connectivity index (χ1) is 8.65. The van der Waals surface area contributed by atoms with Gasteiger partial charge >= 0.3 is 6.03 Å². The number of allylic oxidation sites excluding steroid dienone is 1. The number of amides is 2. The number of hydrogen-bond acceptors (Lipinski definition) is 1. The molecule has 1 N–H and O–H groups in total. The van der Waals surface area contributed by atoms with E-state index < -0.39 is 0 Å². The highest BCUT2D eigenvalue weighted by Gasteiger charge is 2.12. The minimum atomic E-state index is -0.0787. The van der Waals surface area contributed by atoms with Crippen LogP contribution >= 0.6 is 0 Å². The lowest BCUT2D eigenvalue weighted by Crippen LogP contribution is -2.36. The molecular weight excluding hydrogens is 224 g/mol. The Bertz CT molecular complexity index is 385. The van der Waals surface area contributed by atoms with Crippen LogP contribution in [0.1, 0.15) is 31.4 Å². The van der Waals surface area contributed by atoms with Crippen LogP contribution in [0.4, 0.5) is 4.79 Å². The van der Waals surface area contributed by atoms with E-state index >= 15 is 0 Å². The molecule has 0 aliphatic heterocycles. The third-order valence-corrected chi connectivity index (χ3v) is 2.63. The summed E-state index contributed by atoms with van der Waals surface area (Å²) in [6, 6.07) is 9.85. The molecule has 2 amide bonds. The first-order valence-electron chi connectivity index (χ1n) is 6.34. The minimum absolute atomic E-state index is 0.0624. The van der Waals surface area contributed by atoms with Gasteiger partial charge in [-0.05, 0) is 12.0 Å². The van der Waals surface area contributed by atoms with Crippen molar-refractivity contribution in [3.63, 3.8) is 0 Å². The Balaban J connectivity index is 2.79. The molecule has 1 aromatic carbocycles. The number of unbranched alkanes of at least 4 members (excludes halogenated alkanes) is 1. The highest BCUT2D eigenvalue weighted by Crippen LogP contribution is 2.14. The Morgan fingerprint density at radius 1 is 1.33 bits per heavy atom. The van der Waals surface area contributed by atoms with Crippen LogP contribution in [0, 0.1) is 0 Å². The van der Waals surface area contributed by atoms with E-state index in [4.69, 9.17) is 0 Å². The van der Waals surface area contributed by atoms with Crippen LogP contribution in [0.5, 0.6) is 0 Å². The van der Waals surface area contributed by atoms with Crippen LogP contribution in [0.3, 0.4) is 0 Å². The summed E-state index contributed by atoms with van der Waals surface area (Å²) >= 11 is 0. The predicted octanol–water partition coefficient (Wildman–Crippen LogP) is 3.36. The van der Waals surface area contributed by atoms with Gasteiger partial charge < -0.3 is 10.2 Å². The molecular formula is C15H22N2O. The Morgan fingerprint density at radius 3 is 2.56 bits per heavy atom. The molecule has 1 rings (SSSR count). The molecule has 0 saturated carbocycles. The monoisotopic (exact) mass is 246 g/mol. The first-order valence-corrected chi connectivity index (χ1v) is 6.34. The summed E-state index contributed by atoms with van der Waals surface area (Å²) in [5, 5.41) is 2.99. The second kappa shape index (κ2) is 7.54. The number of hydrogen-bond donors (Lipinski definition) is 1. The molecule has 0 aliphatic rings. The van der Waals surface area contributed by atoms with Crippen LogP contribution in [-0.2, 0) is 0 Å². The Labute approximate surface area is 109 Å². The highest BCUT2D eigenvalue weighted by molar-refractivity contribution is 5.74. The molecule has 0 aromatic heterocycles. The van der Waals surface area contributed by atoms with E-state index in [0.717, 1.165) is 18.4 Å². The van der Waals surface area contributed by atoms with Crippen molar-refractivity contribution in [3.8, 4) is 0 Å². The fraction of sp³-hybridized carbons (Fsp3) is 0.400. The van der Waals surface area contributed by atoms with Crippen molar-refractivity contribution < 1.29 is 4.79 Å². The second-order valence-electron chi connectivity index (χ2n) is 4.45. The summed E-state index contributed by atoms with van der Waals surface area (Å²) in [5.41, 5.74) is 1.10. The number of rotatable bonds is 5. The maximum atomic E-state index is 11.7. The topological polar surface area (TPSA) is 32.3 Å². The molecule has 3 heteroatoms. The van der Waals surface area contributed by atoms with Crippen LogP contribution in [0.15, 0.2) is 42.5 Å². The molecule has 1 aromatic rings. The fourth-order valence-electron chi connectivity index (χ4n) is 1.56. The Morgan fingerprint density at radius 2 is 2.00 bits per heavy atom. The van der Waals surface area contributed by atoms with E-state index in [1.54, 1.807) is 19.0 Å². The van der Waals surface area contributed by atoms with Crippen LogP contribution in [0.2, 0.25) is 0 Å². The third kappa shape index (κ3) is 4.62. The second-order valence-corrected chi connectivity index (χ2v) is 4.45. The van der Waals surface area contributed by atoms with Gasteiger partial charge in [0.1, 0.15) is 0 Å². The number of urea groups is 1. The van der Waals surface area contributed by atoms with Gasteiger partial charge in [-0.1, -0.05) is 55.8 Å². The van der Waals surface area contributed by atoms with Crippen LogP contribution in [0.25, 0.3) is 0 Å². The molecule has 1 unspecified atom stereocenters. The molecule has 0 aliphatic carbocycles. The molecule has 98 valence electrons. The quantitative estimate of drug-likeness (QED) is 0.794. The molecule has 3 nitrogen and oxygen atoms in total. The summed E-state index contributed by atoms with van der Waals surface area (Å²) in [5.74, 6) is 0. The van der Waals surface area contributed by atoms with Crippen molar-refractivity contribution in [2.45, 2.75) is 25.8 Å². The zero-order valence-corrected chi connectivity index (χ0v) is 11.4. The average Bonchev–Trinajstić information content (AvgIpc) is 2.38. The number of nitrogens with one attached hydrogen (secondary N) is 1. The summed E-state index contributed by atoms with van der Waals surface area (Å²) < 4.78 is 0. The molecule has 0 fully saturated rings. The SMILES string of the molecule is CCC/C=C/C(NC(=O)N(C)C)c1ccccc1. The zero-order valence-electron chi connectivity index (χ0n) is 11.4. The molecule has 0 heterocycles. The number of carbonyl (C=O) groups excluding carboxylic acids is 1. The predicted molar refractivity (Wildman–Crippen MR) is 75.4 cm³/mol. The molecule has 0 bridgehead atoms. The first kappa shape index (κ1) is 14.3. The average molecular weight is 246 g/mol. The fourth-order valence-corrected chi connectivity index (χ4v) is 1.56. The zero-order chi connectivity index (χ0) is 13.4. The number of nitrogens with zero attached hydrogens (tertiary/aromatic N) is 1. The van der Waals surface area contributed by atoms with Crippen molar-refractivity contribution >= 4 is 6.03 Å². The maximum Gasteiger partial charge on any atom is 0.317 e. The van der Waals surface area contributed by atoms with Crippen LogP contribution in [-0.4, -0.2) is 25.0 Å². The summed E-state index contributed by atoms with van der Waals surface area (Å²) in [4.78, 5) is 13.3. The van der Waals surface area contributed by atoms with Gasteiger partial charge in [0, 0.05) is 14.1 Å². The minimum Gasteiger partial charge on any atom is -0.331 e. The van der Waals surface area contributed by atoms with Gasteiger partial charge in [-0.3, -0.25) is 0 Å². The van der Waals surface area contributed by atoms with E-state index in [2.05, 4.69) is 24.4 Å². The third-order valence-electron chi connectivity index (χ3n) is 2.63. The number of carbonyl (C=O) groups is 1. The molecule has 0 spiro atoms. The van der Waals surface area contributed by atoms with E-state index in [1.165, 1.54) is 0 Å². The molecule has 0 radical (unpaired) electrons. The Kier molecular flexibility index (Phi) is 5.98. The van der Waals surface area contributed by atoms with Gasteiger partial charge in [0.2, 0.25) is 0 Å². The van der Waals surface area contributed by atoms with Gasteiger partial charge in [-0.25, -0.2) is 4.79 Å². The van der Waals surface area contributed by atoms with Gasteiger partial charge in [0.15, 0.2) is 0 Å². The number of benzene rings is 1. The largest absolute Gasteiger partial charge is 0.331 e. The van der Waals surface area contributed by atoms with E-state index in [9.17, 15) is 4.79 Å². The standard InChI is InChI=1S/C15H22N2O/c1-4-5-7-12-14(16-15(18)17(2)3)13-10-8-6-9-11-13/h6-12,14H,4-5H2,1-3H3,(H,16,18)/b12-7+. The lowest BCUT2D eigenvalue weighted by Gasteiger charge is -2.19. The molecule has 18 heavy (non-hydrogen) atoms. The van der Waals surface area contributed by atoms with Crippen molar-refractivity contribution in [3.05, 3.63) is 48.0 Å². The van der Waals surface area contributed by atoms with Gasteiger partial charge in [0.05, 0.1) is 6.04 Å². The smallest absolute Gasteiger partial charge is 0.317 e. The van der Waals surface area contributed by atoms with Gasteiger partial charge in [0.25, 0.3) is 0 Å². The van der Waals surface area contributed by atoms with Gasteiger partial charge in [-0.15, -0.1) is 0 Å². The lowest BCUT2D eigenvalue weighted by atomic mass is 10.1. The normalized spacial score (nSPS) is 12.4.